The molecule has 2 aliphatic heterocycles. The first-order valence-corrected chi connectivity index (χ1v) is 4.15. The summed E-state index contributed by atoms with van der Waals surface area (Å²) in [7, 11) is 0. The molecule has 2 heterocycles. The molecule has 0 atom stereocenters. The molecular formula is C10H22O2Ti. The van der Waals surface area contributed by atoms with Gasteiger partial charge in [-0.1, -0.05) is 0 Å². The van der Waals surface area contributed by atoms with Gasteiger partial charge in [0, 0.05) is 26.4 Å². The summed E-state index contributed by atoms with van der Waals surface area (Å²) in [5.41, 5.74) is 0. The molecule has 0 amide bonds. The Hall–Kier alpha value is 0.634. The Bertz CT molecular complexity index is 46.1. The van der Waals surface area contributed by atoms with Crippen molar-refractivity contribution in [2.45, 2.75) is 25.7 Å². The maximum Gasteiger partial charge on any atom is 2.00 e. The zero-order valence-electron chi connectivity index (χ0n) is 8.97. The molecule has 0 aromatic rings. The van der Waals surface area contributed by atoms with Crippen LogP contribution in [0.1, 0.15) is 25.7 Å². The molecule has 0 aliphatic carbocycles. The molecule has 2 aliphatic rings. The Balaban J connectivity index is -0.000000125. The third kappa shape index (κ3) is 12.6. The van der Waals surface area contributed by atoms with Gasteiger partial charge in [-0.15, -0.1) is 0 Å². The maximum absolute atomic E-state index is 4.94. The van der Waals surface area contributed by atoms with Gasteiger partial charge in [-0.3, -0.25) is 0 Å². The fraction of sp³-hybridized carbons (Fsp3) is 0.800. The Morgan fingerprint density at radius 1 is 0.538 bits per heavy atom. The first-order valence-electron chi connectivity index (χ1n) is 4.15. The summed E-state index contributed by atoms with van der Waals surface area (Å²) < 4.78 is 9.89. The maximum atomic E-state index is 4.94. The summed E-state index contributed by atoms with van der Waals surface area (Å²) >= 11 is 0. The van der Waals surface area contributed by atoms with Crippen LogP contribution in [0.5, 0.6) is 0 Å². The number of ether oxygens (including phenoxy) is 2. The summed E-state index contributed by atoms with van der Waals surface area (Å²) in [6, 6.07) is 0. The molecule has 13 heavy (non-hydrogen) atoms. The molecule has 2 fully saturated rings. The van der Waals surface area contributed by atoms with Gasteiger partial charge in [0.25, 0.3) is 0 Å². The van der Waals surface area contributed by atoms with Gasteiger partial charge in [0.15, 0.2) is 0 Å². The Labute approximate surface area is 98.3 Å². The fourth-order valence-electron chi connectivity index (χ4n) is 1.02. The number of rotatable bonds is 0. The number of hydrogen-bond donors (Lipinski definition) is 0. The predicted octanol–water partition coefficient (Wildman–Crippen LogP) is 2.49. The van der Waals surface area contributed by atoms with E-state index in [1.54, 1.807) is 0 Å². The molecule has 0 radical (unpaired) electrons. The SMILES string of the molecule is C1CCOC1.C1CCOC1.[CH3-].[CH3-].[Ti+2]. The van der Waals surface area contributed by atoms with Gasteiger partial charge in [0.2, 0.25) is 0 Å². The van der Waals surface area contributed by atoms with Crippen molar-refractivity contribution >= 4 is 0 Å². The quantitative estimate of drug-likeness (QED) is 0.463. The van der Waals surface area contributed by atoms with Crippen molar-refractivity contribution in [3.63, 3.8) is 0 Å². The van der Waals surface area contributed by atoms with E-state index >= 15 is 0 Å². The largest absolute Gasteiger partial charge is 2.00 e. The van der Waals surface area contributed by atoms with Crippen LogP contribution in [0.4, 0.5) is 0 Å². The topological polar surface area (TPSA) is 18.5 Å². The monoisotopic (exact) mass is 222 g/mol. The van der Waals surface area contributed by atoms with Crippen LogP contribution in [0.2, 0.25) is 0 Å². The van der Waals surface area contributed by atoms with Gasteiger partial charge in [0.05, 0.1) is 0 Å². The number of hydrogen-bond acceptors (Lipinski definition) is 2. The van der Waals surface area contributed by atoms with E-state index in [2.05, 4.69) is 0 Å². The second-order valence-corrected chi connectivity index (χ2v) is 2.64. The molecule has 0 aromatic heterocycles. The molecular weight excluding hydrogens is 200 g/mol. The first-order chi connectivity index (χ1) is 5.00. The van der Waals surface area contributed by atoms with Crippen LogP contribution in [0.15, 0.2) is 0 Å². The molecule has 2 rings (SSSR count). The molecule has 2 saturated heterocycles. The van der Waals surface area contributed by atoms with Crippen LogP contribution in [-0.4, -0.2) is 26.4 Å². The van der Waals surface area contributed by atoms with E-state index in [0.29, 0.717) is 0 Å². The summed E-state index contributed by atoms with van der Waals surface area (Å²) in [5.74, 6) is 0. The summed E-state index contributed by atoms with van der Waals surface area (Å²) in [6.07, 6.45) is 5.11. The van der Waals surface area contributed by atoms with E-state index in [1.165, 1.54) is 25.7 Å². The molecule has 0 aromatic carbocycles. The van der Waals surface area contributed by atoms with Gasteiger partial charge in [0.1, 0.15) is 0 Å². The van der Waals surface area contributed by atoms with Crippen molar-refractivity contribution in [3.8, 4) is 0 Å². The van der Waals surface area contributed by atoms with E-state index in [4.69, 9.17) is 9.47 Å². The fourth-order valence-corrected chi connectivity index (χ4v) is 1.02. The average molecular weight is 222 g/mol. The molecule has 78 valence electrons. The molecule has 0 bridgehead atoms. The van der Waals surface area contributed by atoms with Crippen LogP contribution in [0.25, 0.3) is 0 Å². The van der Waals surface area contributed by atoms with E-state index < -0.39 is 0 Å². The van der Waals surface area contributed by atoms with Crippen LogP contribution in [0.3, 0.4) is 0 Å². The van der Waals surface area contributed by atoms with Crippen LogP contribution in [-0.2, 0) is 31.2 Å². The second kappa shape index (κ2) is 15.1. The van der Waals surface area contributed by atoms with Crippen molar-refractivity contribution in [1.29, 1.82) is 0 Å². The van der Waals surface area contributed by atoms with Gasteiger partial charge < -0.3 is 24.3 Å². The molecule has 0 N–H and O–H groups in total. The normalized spacial score (nSPS) is 18.5. The summed E-state index contributed by atoms with van der Waals surface area (Å²) in [4.78, 5) is 0. The average Bonchev–Trinajstić information content (AvgIpc) is 2.67. The Morgan fingerprint density at radius 2 is 0.769 bits per heavy atom. The van der Waals surface area contributed by atoms with Crippen LogP contribution < -0.4 is 0 Å². The van der Waals surface area contributed by atoms with E-state index in [-0.39, 0.29) is 36.6 Å². The van der Waals surface area contributed by atoms with Gasteiger partial charge in [-0.25, -0.2) is 0 Å². The third-order valence-corrected chi connectivity index (χ3v) is 1.65. The molecule has 2 nitrogen and oxygen atoms in total. The van der Waals surface area contributed by atoms with Crippen molar-refractivity contribution in [3.05, 3.63) is 14.9 Å². The zero-order chi connectivity index (χ0) is 7.07. The van der Waals surface area contributed by atoms with E-state index in [9.17, 15) is 0 Å². The molecule has 0 spiro atoms. The van der Waals surface area contributed by atoms with Gasteiger partial charge in [-0.2, -0.15) is 0 Å². The minimum Gasteiger partial charge on any atom is -0.381 e. The van der Waals surface area contributed by atoms with Crippen LogP contribution >= 0.6 is 0 Å². The predicted molar refractivity (Wildman–Crippen MR) is 52.9 cm³/mol. The second-order valence-electron chi connectivity index (χ2n) is 2.64. The summed E-state index contributed by atoms with van der Waals surface area (Å²) in [6.45, 7) is 4.00. The smallest absolute Gasteiger partial charge is 0.381 e. The van der Waals surface area contributed by atoms with Gasteiger partial charge >= 0.3 is 21.7 Å². The Kier molecular flexibility index (Phi) is 22.4. The van der Waals surface area contributed by atoms with Gasteiger partial charge in [-0.05, 0) is 25.7 Å². The van der Waals surface area contributed by atoms with E-state index in [1.807, 2.05) is 0 Å². The van der Waals surface area contributed by atoms with Crippen molar-refractivity contribution < 1.29 is 31.2 Å². The zero-order valence-corrected chi connectivity index (χ0v) is 10.5. The van der Waals surface area contributed by atoms with Crippen molar-refractivity contribution in [1.82, 2.24) is 0 Å². The Morgan fingerprint density at radius 3 is 0.846 bits per heavy atom. The molecule has 0 saturated carbocycles. The van der Waals surface area contributed by atoms with Crippen molar-refractivity contribution in [2.24, 2.45) is 0 Å². The van der Waals surface area contributed by atoms with E-state index in [0.717, 1.165) is 26.4 Å². The molecule has 3 heteroatoms. The van der Waals surface area contributed by atoms with Crippen LogP contribution in [0, 0.1) is 14.9 Å². The third-order valence-electron chi connectivity index (χ3n) is 1.65. The summed E-state index contributed by atoms with van der Waals surface area (Å²) in [5, 5.41) is 0. The standard InChI is InChI=1S/2C4H8O.2CH3.Ti/c2*1-2-4-5-3-1;;;/h2*1-4H2;2*1H3;/q;;2*-1;+2. The molecule has 0 unspecified atom stereocenters. The first kappa shape index (κ1) is 19.2. The minimum atomic E-state index is 0. The minimum absolute atomic E-state index is 0. The van der Waals surface area contributed by atoms with Crippen molar-refractivity contribution in [2.75, 3.05) is 26.4 Å².